The van der Waals surface area contributed by atoms with Gasteiger partial charge in [-0.1, -0.05) is 36.4 Å². The van der Waals surface area contributed by atoms with Gasteiger partial charge < -0.3 is 31.7 Å². The largest absolute Gasteiger partial charge is 1.00 e. The van der Waals surface area contributed by atoms with Gasteiger partial charge in [0.05, 0.1) is 34.9 Å². The number of allylic oxidation sites excluding steroid dienone is 2. The van der Waals surface area contributed by atoms with Crippen molar-refractivity contribution in [2.75, 3.05) is 0 Å². The van der Waals surface area contributed by atoms with E-state index < -0.39 is 25.0 Å². The quantitative estimate of drug-likeness (QED) is 0.175. The second-order valence-electron chi connectivity index (χ2n) is 11.6. The molecule has 0 spiro atoms. The first-order valence-corrected chi connectivity index (χ1v) is 20.9. The van der Waals surface area contributed by atoms with E-state index in [-0.39, 0.29) is 41.3 Å². The zero-order valence-corrected chi connectivity index (χ0v) is 30.3. The molecule has 39 heavy (non-hydrogen) atoms. The molecule has 2 aliphatic rings. The fourth-order valence-corrected chi connectivity index (χ4v) is 10.7. The van der Waals surface area contributed by atoms with Gasteiger partial charge in [-0.25, -0.2) is 0 Å². The van der Waals surface area contributed by atoms with E-state index >= 15 is 0 Å². The topological polar surface area (TPSA) is 78.4 Å². The first kappa shape index (κ1) is 42.9. The van der Waals surface area contributed by atoms with Crippen molar-refractivity contribution < 1.29 is 50.5 Å². The van der Waals surface area contributed by atoms with Gasteiger partial charge in [0, 0.05) is 12.1 Å². The maximum absolute atomic E-state index is 8.69. The second kappa shape index (κ2) is 16.8. The van der Waals surface area contributed by atoms with Crippen molar-refractivity contribution in [3.05, 3.63) is 63.8 Å². The number of rotatable bonds is 8. The summed E-state index contributed by atoms with van der Waals surface area (Å²) in [5, 5.41) is 8.69. The summed E-state index contributed by atoms with van der Waals surface area (Å²) in [5.74, 6) is 0. The van der Waals surface area contributed by atoms with E-state index in [0.717, 1.165) is 0 Å². The standard InChI is InChI=1S/C11H20O3Si.C9H17ClO2Si.C5H12OSi.C2H4O.Li/c1-7-9-15(12-8-2)13-10(3,4)11(5,6)14-15;1-6-7-13(10)11-8(2,3)9(4,5)12-13;1-5-6-7(2,3)4;1-2-3;/h7-8H,1-2,9H2,3-6H3;6H,1,7H2,2-5H3;5H,1H2,2-4H3;2-3H,1H2;/q;;;;+1/p-1. The molecule has 0 aliphatic carbocycles. The minimum atomic E-state index is -2.64. The summed E-state index contributed by atoms with van der Waals surface area (Å²) in [7, 11) is -6.42. The maximum Gasteiger partial charge on any atom is 1.00 e. The zero-order chi connectivity index (χ0) is 30.7. The maximum atomic E-state index is 8.69. The van der Waals surface area contributed by atoms with Crippen LogP contribution in [0.3, 0.4) is 0 Å². The fourth-order valence-electron chi connectivity index (χ4n) is 3.06. The van der Waals surface area contributed by atoms with Gasteiger partial charge in [-0.3, -0.25) is 0 Å². The Hall–Kier alpha value is -0.522. The summed E-state index contributed by atoms with van der Waals surface area (Å²) in [6, 6.07) is 1.23. The summed E-state index contributed by atoms with van der Waals surface area (Å²) in [6.07, 6.45) is 6.95. The summed E-state index contributed by atoms with van der Waals surface area (Å²) in [5.41, 5.74) is -1.34. The molecule has 0 aromatic heterocycles. The average Bonchev–Trinajstić information content (AvgIpc) is 2.95. The number of hydrogen-bond donors (Lipinski definition) is 0. The van der Waals surface area contributed by atoms with Crippen LogP contribution in [0.2, 0.25) is 31.7 Å². The van der Waals surface area contributed by atoms with Gasteiger partial charge in [-0.05, 0) is 75.0 Å². The van der Waals surface area contributed by atoms with Crippen LogP contribution in [0, 0.1) is 0 Å². The van der Waals surface area contributed by atoms with Crippen LogP contribution < -0.4 is 24.0 Å². The summed E-state index contributed by atoms with van der Waals surface area (Å²) >= 11 is 6.26. The SMILES string of the molecule is C=CC[Si]1(Cl)OC(C)(C)C(C)(C)O1.C=CC[Si]1(OC=C)OC(C)(C)C(C)(C)O1.C=CO[Si](C)(C)C.C=C[O-].[Li+]. The molecule has 0 aromatic rings. The molecule has 0 saturated carbocycles. The second-order valence-corrected chi connectivity index (χ2v) is 22.4. The van der Waals surface area contributed by atoms with Crippen molar-refractivity contribution in [1.29, 1.82) is 0 Å². The molecule has 0 amide bonds. The Balaban J connectivity index is -0.000000492. The van der Waals surface area contributed by atoms with Crippen molar-refractivity contribution in [3.63, 3.8) is 0 Å². The van der Waals surface area contributed by atoms with Crippen LogP contribution in [-0.4, -0.2) is 47.4 Å². The molecule has 222 valence electrons. The number of halogens is 1. The van der Waals surface area contributed by atoms with Gasteiger partial charge in [-0.2, -0.15) is 6.26 Å². The van der Waals surface area contributed by atoms with Crippen molar-refractivity contribution in [1.82, 2.24) is 0 Å². The van der Waals surface area contributed by atoms with Crippen LogP contribution in [0.1, 0.15) is 55.4 Å². The van der Waals surface area contributed by atoms with Gasteiger partial charge >= 0.3 is 35.5 Å². The molecule has 0 radical (unpaired) electrons. The van der Waals surface area contributed by atoms with Gasteiger partial charge in [-0.15, -0.1) is 19.7 Å². The summed E-state index contributed by atoms with van der Waals surface area (Å²) in [6.45, 7) is 39.6. The van der Waals surface area contributed by atoms with Crippen molar-refractivity contribution >= 4 is 36.1 Å². The van der Waals surface area contributed by atoms with Gasteiger partial charge in [0.15, 0.2) is 0 Å². The summed E-state index contributed by atoms with van der Waals surface area (Å²) < 4.78 is 34.2. The van der Waals surface area contributed by atoms with E-state index in [0.29, 0.717) is 18.4 Å². The van der Waals surface area contributed by atoms with Crippen molar-refractivity contribution in [2.45, 2.75) is 110 Å². The van der Waals surface area contributed by atoms with E-state index in [2.05, 4.69) is 52.5 Å². The Morgan fingerprint density at radius 1 is 0.718 bits per heavy atom. The molecular weight excluding hydrogens is 563 g/mol. The van der Waals surface area contributed by atoms with Crippen LogP contribution in [0.15, 0.2) is 63.8 Å². The van der Waals surface area contributed by atoms with E-state index in [1.807, 2.05) is 55.4 Å². The van der Waals surface area contributed by atoms with Gasteiger partial charge in [0.25, 0.3) is 0 Å². The van der Waals surface area contributed by atoms with Crippen molar-refractivity contribution in [2.24, 2.45) is 0 Å². The molecule has 0 unspecified atom stereocenters. The molecule has 7 nitrogen and oxygen atoms in total. The van der Waals surface area contributed by atoms with E-state index in [1.165, 1.54) is 12.5 Å². The molecule has 0 bridgehead atoms. The Labute approximate surface area is 258 Å². The summed E-state index contributed by atoms with van der Waals surface area (Å²) in [4.78, 5) is 0. The molecule has 0 atom stereocenters. The molecule has 2 aliphatic heterocycles. The fraction of sp³-hybridized carbons (Fsp3) is 0.630. The zero-order valence-electron chi connectivity index (χ0n) is 26.6. The first-order chi connectivity index (χ1) is 17.0. The molecule has 2 rings (SSSR count). The van der Waals surface area contributed by atoms with E-state index in [4.69, 9.17) is 42.7 Å². The molecule has 12 heteroatoms. The minimum absolute atomic E-state index is 0. The Morgan fingerprint density at radius 3 is 1.28 bits per heavy atom. The minimum Gasteiger partial charge on any atom is -0.878 e. The van der Waals surface area contributed by atoms with Gasteiger partial charge in [0.1, 0.15) is 0 Å². The smallest absolute Gasteiger partial charge is 0.878 e. The van der Waals surface area contributed by atoms with Gasteiger partial charge in [0.2, 0.25) is 8.32 Å². The molecule has 0 aromatic carbocycles. The Kier molecular flexibility index (Phi) is 18.5. The third-order valence-electron chi connectivity index (χ3n) is 6.02. The van der Waals surface area contributed by atoms with Crippen LogP contribution in [-0.2, 0) is 26.6 Å². The Bertz CT molecular complexity index is 753. The van der Waals surface area contributed by atoms with E-state index in [9.17, 15) is 0 Å². The predicted octanol–water partition coefficient (Wildman–Crippen LogP) is 4.31. The molecular formula is C27H52ClLiO7Si3. The van der Waals surface area contributed by atoms with Crippen LogP contribution in [0.5, 0.6) is 0 Å². The van der Waals surface area contributed by atoms with Crippen LogP contribution >= 0.6 is 11.1 Å². The molecule has 2 heterocycles. The first-order valence-electron chi connectivity index (χ1n) is 12.5. The molecule has 0 N–H and O–H groups in total. The predicted molar refractivity (Wildman–Crippen MR) is 164 cm³/mol. The molecule has 2 saturated heterocycles. The average molecular weight is 615 g/mol. The molecule has 2 fully saturated rings. The van der Waals surface area contributed by atoms with Crippen molar-refractivity contribution in [3.8, 4) is 0 Å². The Morgan fingerprint density at radius 2 is 1.05 bits per heavy atom. The van der Waals surface area contributed by atoms with Crippen LogP contribution in [0.25, 0.3) is 0 Å². The number of hydrogen-bond acceptors (Lipinski definition) is 7. The van der Waals surface area contributed by atoms with Crippen LogP contribution in [0.4, 0.5) is 0 Å². The van der Waals surface area contributed by atoms with E-state index in [1.54, 1.807) is 12.2 Å². The monoisotopic (exact) mass is 614 g/mol. The third kappa shape index (κ3) is 14.3. The normalized spacial score (nSPS) is 21.7. The third-order valence-corrected chi connectivity index (χ3v) is 13.2.